The van der Waals surface area contributed by atoms with Crippen molar-refractivity contribution in [3.8, 4) is 11.7 Å². The minimum atomic E-state index is -0.120. The highest BCUT2D eigenvalue weighted by molar-refractivity contribution is 7.99. The maximum atomic E-state index is 12.2. The molecule has 1 amide bonds. The van der Waals surface area contributed by atoms with Gasteiger partial charge in [-0.3, -0.25) is 4.79 Å². The van der Waals surface area contributed by atoms with Gasteiger partial charge in [-0.15, -0.1) is 10.2 Å². The summed E-state index contributed by atoms with van der Waals surface area (Å²) in [5.41, 5.74) is 2.00. The molecule has 0 spiro atoms. The van der Waals surface area contributed by atoms with Gasteiger partial charge in [0.15, 0.2) is 5.76 Å². The van der Waals surface area contributed by atoms with E-state index in [-0.39, 0.29) is 11.7 Å². The van der Waals surface area contributed by atoms with Gasteiger partial charge in [0.25, 0.3) is 11.1 Å². The fraction of sp³-hybridized carbons (Fsp3) is 0.350. The fourth-order valence-corrected chi connectivity index (χ4v) is 3.74. The molecule has 8 heteroatoms. The van der Waals surface area contributed by atoms with E-state index in [1.807, 2.05) is 12.1 Å². The second kappa shape index (κ2) is 8.97. The Hall–Kier alpha value is -2.74. The number of carbonyl (C=O) groups is 1. The normalized spacial score (nSPS) is 14.6. The van der Waals surface area contributed by atoms with Crippen LogP contribution in [-0.2, 0) is 4.79 Å². The number of hydrogen-bond acceptors (Lipinski definition) is 7. The number of amides is 1. The molecule has 2 aromatic heterocycles. The van der Waals surface area contributed by atoms with Crippen molar-refractivity contribution in [1.82, 2.24) is 10.2 Å². The molecule has 1 aromatic carbocycles. The second-order valence-corrected chi connectivity index (χ2v) is 7.56. The number of thioether (sulfide) groups is 1. The van der Waals surface area contributed by atoms with Crippen molar-refractivity contribution < 1.29 is 13.6 Å². The van der Waals surface area contributed by atoms with Crippen LogP contribution in [0.1, 0.15) is 25.7 Å². The van der Waals surface area contributed by atoms with Gasteiger partial charge in [0.1, 0.15) is 0 Å². The molecule has 146 valence electrons. The van der Waals surface area contributed by atoms with Gasteiger partial charge in [-0.1, -0.05) is 24.6 Å². The third kappa shape index (κ3) is 4.75. The van der Waals surface area contributed by atoms with Crippen LogP contribution in [0.15, 0.2) is 56.7 Å². The Labute approximate surface area is 167 Å². The van der Waals surface area contributed by atoms with Crippen LogP contribution in [0.4, 0.5) is 11.4 Å². The molecule has 3 aromatic rings. The van der Waals surface area contributed by atoms with Gasteiger partial charge in [0.2, 0.25) is 5.91 Å². The van der Waals surface area contributed by atoms with Crippen molar-refractivity contribution >= 4 is 29.0 Å². The molecular weight excluding hydrogens is 376 g/mol. The molecule has 0 saturated carbocycles. The van der Waals surface area contributed by atoms with Crippen LogP contribution >= 0.6 is 11.8 Å². The average molecular weight is 398 g/mol. The molecule has 0 unspecified atom stereocenters. The Morgan fingerprint density at radius 2 is 1.86 bits per heavy atom. The van der Waals surface area contributed by atoms with Gasteiger partial charge in [0.05, 0.1) is 12.0 Å². The number of benzene rings is 1. The van der Waals surface area contributed by atoms with E-state index >= 15 is 0 Å². The predicted molar refractivity (Wildman–Crippen MR) is 108 cm³/mol. The summed E-state index contributed by atoms with van der Waals surface area (Å²) in [5.74, 6) is 0.879. The van der Waals surface area contributed by atoms with Crippen molar-refractivity contribution in [3.63, 3.8) is 0 Å². The summed E-state index contributed by atoms with van der Waals surface area (Å²) in [6.07, 6.45) is 6.65. The third-order valence-electron chi connectivity index (χ3n) is 4.59. The minimum absolute atomic E-state index is 0.120. The van der Waals surface area contributed by atoms with E-state index in [1.165, 1.54) is 49.4 Å². The number of hydrogen-bond donors (Lipinski definition) is 1. The van der Waals surface area contributed by atoms with Gasteiger partial charge >= 0.3 is 0 Å². The van der Waals surface area contributed by atoms with E-state index in [2.05, 4.69) is 32.5 Å². The van der Waals surface area contributed by atoms with Crippen LogP contribution in [-0.4, -0.2) is 34.9 Å². The van der Waals surface area contributed by atoms with Crippen molar-refractivity contribution in [2.75, 3.05) is 29.1 Å². The second-order valence-electron chi connectivity index (χ2n) is 6.64. The van der Waals surface area contributed by atoms with Crippen molar-refractivity contribution in [1.29, 1.82) is 0 Å². The maximum Gasteiger partial charge on any atom is 0.284 e. The lowest BCUT2D eigenvalue weighted by Crippen LogP contribution is -2.23. The molecule has 1 saturated heterocycles. The Bertz CT molecular complexity index is 885. The molecule has 3 heterocycles. The first-order valence-electron chi connectivity index (χ1n) is 9.43. The van der Waals surface area contributed by atoms with Crippen molar-refractivity contribution in [2.24, 2.45) is 0 Å². The van der Waals surface area contributed by atoms with E-state index in [4.69, 9.17) is 8.83 Å². The number of anilines is 2. The topological polar surface area (TPSA) is 84.4 Å². The first kappa shape index (κ1) is 18.6. The molecule has 1 aliphatic heterocycles. The number of aromatic nitrogens is 2. The quantitative estimate of drug-likeness (QED) is 0.614. The zero-order valence-electron chi connectivity index (χ0n) is 15.5. The van der Waals surface area contributed by atoms with E-state index in [0.717, 1.165) is 18.8 Å². The highest BCUT2D eigenvalue weighted by Gasteiger charge is 2.13. The molecule has 0 atom stereocenters. The first-order valence-corrected chi connectivity index (χ1v) is 10.4. The summed E-state index contributed by atoms with van der Waals surface area (Å²) in [6, 6.07) is 11.5. The van der Waals surface area contributed by atoms with Gasteiger partial charge in [0, 0.05) is 24.5 Å². The fourth-order valence-electron chi connectivity index (χ4n) is 3.18. The first-order chi connectivity index (χ1) is 13.8. The zero-order valence-corrected chi connectivity index (χ0v) is 16.3. The number of rotatable bonds is 6. The predicted octanol–water partition coefficient (Wildman–Crippen LogP) is 4.44. The Kier molecular flexibility index (Phi) is 5.96. The van der Waals surface area contributed by atoms with E-state index in [9.17, 15) is 4.79 Å². The summed E-state index contributed by atoms with van der Waals surface area (Å²) < 4.78 is 10.7. The summed E-state index contributed by atoms with van der Waals surface area (Å²) in [6.45, 7) is 2.21. The molecule has 4 rings (SSSR count). The van der Waals surface area contributed by atoms with Crippen molar-refractivity contribution in [3.05, 3.63) is 42.7 Å². The highest BCUT2D eigenvalue weighted by Crippen LogP contribution is 2.24. The van der Waals surface area contributed by atoms with Crippen LogP contribution in [0, 0.1) is 0 Å². The lowest BCUT2D eigenvalue weighted by atomic mass is 10.2. The van der Waals surface area contributed by atoms with Crippen LogP contribution in [0.25, 0.3) is 11.7 Å². The highest BCUT2D eigenvalue weighted by atomic mass is 32.2. The third-order valence-corrected chi connectivity index (χ3v) is 5.41. The summed E-state index contributed by atoms with van der Waals surface area (Å²) >= 11 is 1.19. The smallest absolute Gasteiger partial charge is 0.284 e. The monoisotopic (exact) mass is 398 g/mol. The SMILES string of the molecule is O=C(CSc1nnc(-c2ccco2)o1)Nc1ccc(N2CCCCCC2)cc1. The molecule has 0 radical (unpaired) electrons. The Morgan fingerprint density at radius 3 is 2.57 bits per heavy atom. The lowest BCUT2D eigenvalue weighted by Gasteiger charge is -2.22. The number of furan rings is 1. The molecule has 0 aliphatic carbocycles. The minimum Gasteiger partial charge on any atom is -0.459 e. The maximum absolute atomic E-state index is 12.2. The number of nitrogens with one attached hydrogen (secondary N) is 1. The molecule has 7 nitrogen and oxygen atoms in total. The number of nitrogens with zero attached hydrogens (tertiary/aromatic N) is 3. The van der Waals surface area contributed by atoms with Gasteiger partial charge in [-0.05, 0) is 49.2 Å². The summed E-state index contributed by atoms with van der Waals surface area (Å²) in [5, 5.41) is 11.1. The molecule has 28 heavy (non-hydrogen) atoms. The van der Waals surface area contributed by atoms with Gasteiger partial charge in [-0.25, -0.2) is 0 Å². The molecular formula is C20H22N4O3S. The molecule has 1 aliphatic rings. The molecule has 1 fully saturated rings. The number of carbonyl (C=O) groups excluding carboxylic acids is 1. The summed E-state index contributed by atoms with van der Waals surface area (Å²) in [7, 11) is 0. The van der Waals surface area contributed by atoms with Crippen LogP contribution < -0.4 is 10.2 Å². The van der Waals surface area contributed by atoms with Crippen molar-refractivity contribution in [2.45, 2.75) is 30.9 Å². The van der Waals surface area contributed by atoms with Crippen LogP contribution in [0.3, 0.4) is 0 Å². The van der Waals surface area contributed by atoms with Gasteiger partial charge in [-0.2, -0.15) is 0 Å². The van der Waals surface area contributed by atoms with E-state index in [0.29, 0.717) is 16.9 Å². The van der Waals surface area contributed by atoms with E-state index < -0.39 is 0 Å². The largest absolute Gasteiger partial charge is 0.459 e. The van der Waals surface area contributed by atoms with Crippen LogP contribution in [0.2, 0.25) is 0 Å². The Balaban J connectivity index is 1.28. The molecule has 1 N–H and O–H groups in total. The van der Waals surface area contributed by atoms with Crippen LogP contribution in [0.5, 0.6) is 0 Å². The molecule has 0 bridgehead atoms. The lowest BCUT2D eigenvalue weighted by molar-refractivity contribution is -0.113. The van der Waals surface area contributed by atoms with E-state index in [1.54, 1.807) is 12.1 Å². The summed E-state index contributed by atoms with van der Waals surface area (Å²) in [4.78, 5) is 14.6. The standard InChI is InChI=1S/C20H22N4O3S/c25-18(14-28-20-23-22-19(27-20)17-6-5-13-26-17)21-15-7-9-16(10-8-15)24-11-3-1-2-4-12-24/h5-10,13H,1-4,11-12,14H2,(H,21,25). The van der Waals surface area contributed by atoms with Gasteiger partial charge < -0.3 is 19.1 Å². The zero-order chi connectivity index (χ0) is 19.2. The average Bonchev–Trinajstić information content (AvgIpc) is 3.34. The Morgan fingerprint density at radius 1 is 1.07 bits per heavy atom.